The Kier molecular flexibility index (Phi) is 24.2. The van der Waals surface area contributed by atoms with Crippen LogP contribution < -0.4 is 23.8 Å². The van der Waals surface area contributed by atoms with Gasteiger partial charge in [0.1, 0.15) is 86.4 Å². The van der Waals surface area contributed by atoms with Crippen molar-refractivity contribution in [2.24, 2.45) is 0 Å². The van der Waals surface area contributed by atoms with Gasteiger partial charge in [0.15, 0.2) is 104 Å². The maximum Gasteiger partial charge on any atom is 0.432 e. The van der Waals surface area contributed by atoms with Crippen molar-refractivity contribution in [2.75, 3.05) is 24.6 Å². The van der Waals surface area contributed by atoms with E-state index in [1.54, 1.807) is 11.8 Å². The number of carbonyl (C=O) groups excluding carboxylic acids is 2. The van der Waals surface area contributed by atoms with Crippen molar-refractivity contribution in [3.63, 3.8) is 0 Å². The fourth-order valence-electron chi connectivity index (χ4n) is 9.94. The second kappa shape index (κ2) is 32.7. The zero-order chi connectivity index (χ0) is 79.3. The molecule has 0 N–H and O–H groups in total. The van der Waals surface area contributed by atoms with Gasteiger partial charge in [-0.05, 0) is 74.0 Å². The summed E-state index contributed by atoms with van der Waals surface area (Å²) < 4.78 is 367. The summed E-state index contributed by atoms with van der Waals surface area (Å²) in [6.07, 6.45) is -0.664. The molecule has 0 spiro atoms. The monoisotopic (exact) mass is 1560 g/mol. The predicted molar refractivity (Wildman–Crippen MR) is 328 cm³/mol. The molecule has 0 saturated carbocycles. The number of benzene rings is 7. The van der Waals surface area contributed by atoms with Crippen LogP contribution in [0.15, 0.2) is 95.3 Å². The van der Waals surface area contributed by atoms with Gasteiger partial charge in [-0.15, -0.1) is 11.3 Å². The molecule has 1 atom stereocenters. The van der Waals surface area contributed by atoms with Crippen molar-refractivity contribution in [3.8, 4) is 41.2 Å². The van der Waals surface area contributed by atoms with Gasteiger partial charge >= 0.3 is 18.1 Å². The molecule has 0 radical (unpaired) electrons. The normalized spacial score (nSPS) is 13.6. The molecule has 0 saturated heterocycles. The van der Waals surface area contributed by atoms with Crippen molar-refractivity contribution in [2.45, 2.75) is 58.7 Å². The lowest BCUT2D eigenvalue weighted by molar-refractivity contribution is -0.236. The molecule has 1 aliphatic heterocycles. The number of carbonyl (C=O) groups is 2. The second-order valence-electron chi connectivity index (χ2n) is 22.3. The number of halogens is 23. The molecule has 1 aromatic heterocycles. The van der Waals surface area contributed by atoms with E-state index in [0.717, 1.165) is 41.7 Å². The Balaban J connectivity index is 0.983. The van der Waals surface area contributed by atoms with Crippen LogP contribution in [0, 0.1) is 150 Å². The minimum atomic E-state index is -5.32. The van der Waals surface area contributed by atoms with Gasteiger partial charge in [0, 0.05) is 45.3 Å². The Hall–Kier alpha value is -12.2. The first-order valence-corrected chi connectivity index (χ1v) is 30.8. The molecule has 0 amide bonds. The maximum absolute atomic E-state index is 14.8. The van der Waals surface area contributed by atoms with E-state index in [4.69, 9.17) is 33.2 Å². The molecule has 1 unspecified atom stereocenters. The average Bonchev–Trinajstić information content (AvgIpc) is 1.58. The third-order valence-electron chi connectivity index (χ3n) is 15.7. The Morgan fingerprint density at radius 2 is 0.843 bits per heavy atom. The molecule has 7 aromatic carbocycles. The van der Waals surface area contributed by atoms with Gasteiger partial charge in [0.25, 0.3) is 0 Å². The first-order valence-electron chi connectivity index (χ1n) is 30.0. The van der Waals surface area contributed by atoms with Gasteiger partial charge < -0.3 is 38.1 Å². The van der Waals surface area contributed by atoms with E-state index in [2.05, 4.69) is 0 Å². The van der Waals surface area contributed by atoms with Gasteiger partial charge in [0.2, 0.25) is 28.9 Å². The fraction of sp³-hybridized carbons (Fsp3) is 0.169. The second-order valence-corrected chi connectivity index (χ2v) is 23.4. The number of alkyl halides is 3. The van der Waals surface area contributed by atoms with Crippen LogP contribution in [0.4, 0.5) is 107 Å². The Bertz CT molecular complexity index is 4920. The van der Waals surface area contributed by atoms with Crippen LogP contribution in [-0.4, -0.2) is 43.4 Å². The van der Waals surface area contributed by atoms with E-state index in [-0.39, 0.29) is 28.4 Å². The van der Waals surface area contributed by atoms with Gasteiger partial charge in [-0.1, -0.05) is 24.3 Å². The van der Waals surface area contributed by atoms with Gasteiger partial charge in [-0.3, -0.25) is 0 Å². The Morgan fingerprint density at radius 1 is 0.481 bits per heavy atom. The van der Waals surface area contributed by atoms with Crippen molar-refractivity contribution >= 4 is 47.2 Å². The first-order chi connectivity index (χ1) is 51.0. The van der Waals surface area contributed by atoms with Crippen LogP contribution in [0.2, 0.25) is 0 Å². The fourth-order valence-corrected chi connectivity index (χ4v) is 10.9. The SMILES string of the molecule is CCN(CCOC(=O)c1cc(OCc2c(F)c(F)c(F)c(F)c2F)cc(OCc2c(F)c(F)c(F)c(F)c2F)c1)c1ccc(/C=C/c2sc(/C=C/C3=C(C#N)C(=C(C#N)C#N)OC3(C)C(F)(F)F)cc2COC(=O)c2cc(OCc3c(F)c(F)c(F)c(F)c3F)cc(OCc3c(F)c(F)c(F)c(F)c3F)c2)cc1. The maximum atomic E-state index is 14.8. The molecule has 108 heavy (non-hydrogen) atoms. The molecule has 8 aromatic rings. The van der Waals surface area contributed by atoms with Crippen LogP contribution in [0.3, 0.4) is 0 Å². The molecule has 2 heterocycles. The number of allylic oxidation sites excluding steroid dienone is 2. The minimum Gasteiger partial charge on any atom is -0.489 e. The first kappa shape index (κ1) is 79.9. The van der Waals surface area contributed by atoms with E-state index >= 15 is 0 Å². The topological polar surface area (TPSA) is 173 Å². The number of nitriles is 3. The van der Waals surface area contributed by atoms with Gasteiger partial charge in [-0.2, -0.15) is 29.0 Å². The number of ether oxygens (including phenoxy) is 7. The largest absolute Gasteiger partial charge is 0.489 e. The van der Waals surface area contributed by atoms with Gasteiger partial charge in [-0.25, -0.2) is 97.4 Å². The lowest BCUT2D eigenvalue weighted by Crippen LogP contribution is -2.43. The molecule has 562 valence electrons. The molecule has 0 fully saturated rings. The molecular weight excluding hydrogens is 1520 g/mol. The molecule has 9 rings (SSSR count). The Morgan fingerprint density at radius 3 is 1.19 bits per heavy atom. The summed E-state index contributed by atoms with van der Waals surface area (Å²) in [4.78, 5) is 29.3. The highest BCUT2D eigenvalue weighted by Crippen LogP contribution is 2.50. The molecule has 0 bridgehead atoms. The highest BCUT2D eigenvalue weighted by molar-refractivity contribution is 7.14. The standard InChI is InChI=1S/C71H37F23N4O9S/c1-3-98(12-13-101-68(99)30-14-35(102-25-41-47(72)55(80)63(88)56(81)48(41)73)19-36(15-30)103-26-42-49(74)57(82)64(89)58(83)50(42)75)34-7-4-29(5-8-34)6-11-46-32(18-39(108-46)9-10-45-40(23-97)67(33(21-95)22-96)107-70(45,2)71(92,93)94)24-106-69(100)31-16-37(104-27-43-51(76)59(84)65(90)60(85)52(43)77)20-38(17-31)105-28-44-53(78)61(86)66(91)62(87)54(44)79/h4-11,14-20H,3,12-13,24-28H2,1-2H3/b10-9+,11-6+. The van der Waals surface area contributed by atoms with E-state index in [1.807, 2.05) is 0 Å². The highest BCUT2D eigenvalue weighted by Gasteiger charge is 2.61. The summed E-state index contributed by atoms with van der Waals surface area (Å²) in [5.41, 5.74) is -12.8. The predicted octanol–water partition coefficient (Wildman–Crippen LogP) is 18.5. The van der Waals surface area contributed by atoms with Crippen LogP contribution in [0.25, 0.3) is 18.2 Å². The summed E-state index contributed by atoms with van der Waals surface area (Å²) in [7, 11) is 0. The summed E-state index contributed by atoms with van der Waals surface area (Å²) in [5.74, 6) is -54.6. The number of hydrogen-bond donors (Lipinski definition) is 0. The average molecular weight is 1560 g/mol. The third-order valence-corrected chi connectivity index (χ3v) is 16.8. The van der Waals surface area contributed by atoms with Crippen LogP contribution in [-0.2, 0) is 47.2 Å². The van der Waals surface area contributed by atoms with Crippen LogP contribution >= 0.6 is 11.3 Å². The summed E-state index contributed by atoms with van der Waals surface area (Å²) >= 11 is 0.780. The number of esters is 2. The minimum absolute atomic E-state index is 0.00190. The van der Waals surface area contributed by atoms with Crippen molar-refractivity contribution in [1.82, 2.24) is 0 Å². The van der Waals surface area contributed by atoms with Crippen LogP contribution in [0.1, 0.15) is 77.7 Å². The van der Waals surface area contributed by atoms with E-state index in [0.29, 0.717) is 36.4 Å². The van der Waals surface area contributed by atoms with Crippen molar-refractivity contribution < 1.29 is 144 Å². The number of hydrogen-bond acceptors (Lipinski definition) is 14. The van der Waals surface area contributed by atoms with E-state index in [1.165, 1.54) is 60.7 Å². The molecule has 37 heteroatoms. The number of likely N-dealkylation sites (N-methyl/N-ethyl adjacent to an activating group) is 1. The zero-order valence-corrected chi connectivity index (χ0v) is 54.7. The lowest BCUT2D eigenvalue weighted by atomic mass is 9.92. The zero-order valence-electron chi connectivity index (χ0n) is 53.9. The lowest BCUT2D eigenvalue weighted by Gasteiger charge is -2.28. The smallest absolute Gasteiger partial charge is 0.432 e. The Labute approximate surface area is 595 Å². The third kappa shape index (κ3) is 16.3. The van der Waals surface area contributed by atoms with E-state index in [9.17, 15) is 126 Å². The van der Waals surface area contributed by atoms with E-state index < -0.39 is 259 Å². The van der Waals surface area contributed by atoms with Crippen LogP contribution in [0.5, 0.6) is 23.0 Å². The molecule has 1 aliphatic rings. The van der Waals surface area contributed by atoms with Crippen molar-refractivity contribution in [3.05, 3.63) is 266 Å². The summed E-state index contributed by atoms with van der Waals surface area (Å²) in [5, 5.41) is 29.0. The van der Waals surface area contributed by atoms with Gasteiger partial charge in [0.05, 0.1) is 39.9 Å². The molecule has 0 aliphatic carbocycles. The summed E-state index contributed by atoms with van der Waals surface area (Å²) in [6.45, 7) is -5.01. The number of rotatable bonds is 25. The molecular formula is C71H37F23N4O9S. The highest BCUT2D eigenvalue weighted by atomic mass is 32.1. The molecule has 13 nitrogen and oxygen atoms in total. The number of nitrogens with zero attached hydrogens (tertiary/aromatic N) is 4. The van der Waals surface area contributed by atoms with Crippen molar-refractivity contribution in [1.29, 1.82) is 15.8 Å². The summed E-state index contributed by atoms with van der Waals surface area (Å²) in [6, 6.07) is 16.0. The number of anilines is 1. The quantitative estimate of drug-likeness (QED) is 0.0174. The number of thiophene rings is 1.